The standard InChI is InChI=1S/C16H17N3O3S/c1-22-15-9-4-5-10-16(15)23(20,21)12-6-11-19-14-8-3-2-7-13(14)17-18-19/h2-5,7-10H,6,11-12H2,1H3. The summed E-state index contributed by atoms with van der Waals surface area (Å²) in [7, 11) is -1.93. The van der Waals surface area contributed by atoms with Crippen LogP contribution in [0.5, 0.6) is 5.75 Å². The van der Waals surface area contributed by atoms with Gasteiger partial charge in [-0.1, -0.05) is 29.5 Å². The first-order chi connectivity index (χ1) is 11.1. The number of rotatable bonds is 6. The van der Waals surface area contributed by atoms with Crippen LogP contribution in [0, 0.1) is 0 Å². The Hall–Kier alpha value is -2.41. The van der Waals surface area contributed by atoms with E-state index in [-0.39, 0.29) is 10.6 Å². The highest BCUT2D eigenvalue weighted by Crippen LogP contribution is 2.24. The van der Waals surface area contributed by atoms with Gasteiger partial charge in [-0.05, 0) is 30.7 Å². The molecule has 23 heavy (non-hydrogen) atoms. The third-order valence-corrected chi connectivity index (χ3v) is 5.44. The average molecular weight is 331 g/mol. The monoisotopic (exact) mass is 331 g/mol. The zero-order chi connectivity index (χ0) is 16.3. The van der Waals surface area contributed by atoms with Crippen molar-refractivity contribution < 1.29 is 13.2 Å². The first-order valence-electron chi connectivity index (χ1n) is 7.26. The fraction of sp³-hybridized carbons (Fsp3) is 0.250. The van der Waals surface area contributed by atoms with E-state index in [1.54, 1.807) is 28.9 Å². The molecule has 0 saturated carbocycles. The second-order valence-electron chi connectivity index (χ2n) is 5.12. The van der Waals surface area contributed by atoms with Crippen molar-refractivity contribution in [2.75, 3.05) is 12.9 Å². The lowest BCUT2D eigenvalue weighted by Gasteiger charge is -2.09. The number of nitrogens with zero attached hydrogens (tertiary/aromatic N) is 3. The maximum atomic E-state index is 12.5. The SMILES string of the molecule is COc1ccccc1S(=O)(=O)CCCn1nnc2ccccc21. The van der Waals surface area contributed by atoms with E-state index in [0.29, 0.717) is 18.7 Å². The van der Waals surface area contributed by atoms with E-state index in [0.717, 1.165) is 11.0 Å². The van der Waals surface area contributed by atoms with E-state index in [9.17, 15) is 8.42 Å². The Labute approximate surface area is 134 Å². The van der Waals surface area contributed by atoms with E-state index >= 15 is 0 Å². The lowest BCUT2D eigenvalue weighted by atomic mass is 10.3. The predicted molar refractivity (Wildman–Crippen MR) is 87.2 cm³/mol. The van der Waals surface area contributed by atoms with Gasteiger partial charge in [-0.15, -0.1) is 5.10 Å². The van der Waals surface area contributed by atoms with Gasteiger partial charge in [-0.3, -0.25) is 0 Å². The van der Waals surface area contributed by atoms with Gasteiger partial charge >= 0.3 is 0 Å². The number of methoxy groups -OCH3 is 1. The van der Waals surface area contributed by atoms with Gasteiger partial charge in [-0.2, -0.15) is 0 Å². The van der Waals surface area contributed by atoms with E-state index < -0.39 is 9.84 Å². The summed E-state index contributed by atoms with van der Waals surface area (Å²) in [5, 5.41) is 8.13. The van der Waals surface area contributed by atoms with Crippen LogP contribution in [0.3, 0.4) is 0 Å². The first kappa shape index (κ1) is 15.5. The Kier molecular flexibility index (Phi) is 4.29. The lowest BCUT2D eigenvalue weighted by molar-refractivity contribution is 0.402. The van der Waals surface area contributed by atoms with Gasteiger partial charge in [0, 0.05) is 6.54 Å². The second-order valence-corrected chi connectivity index (χ2v) is 7.20. The molecule has 0 spiro atoms. The quantitative estimate of drug-likeness (QED) is 0.693. The van der Waals surface area contributed by atoms with Crippen molar-refractivity contribution in [3.8, 4) is 5.75 Å². The maximum absolute atomic E-state index is 12.5. The molecule has 0 aliphatic heterocycles. The summed E-state index contributed by atoms with van der Waals surface area (Å²) in [6.07, 6.45) is 0.452. The molecule has 0 bridgehead atoms. The minimum atomic E-state index is -3.40. The van der Waals surface area contributed by atoms with Gasteiger partial charge in [0.1, 0.15) is 16.2 Å². The number of aromatic nitrogens is 3. The number of para-hydroxylation sites is 2. The number of benzene rings is 2. The number of aryl methyl sites for hydroxylation is 1. The summed E-state index contributed by atoms with van der Waals surface area (Å²) in [6.45, 7) is 0.495. The van der Waals surface area contributed by atoms with E-state index in [1.165, 1.54) is 7.11 Å². The van der Waals surface area contributed by atoms with Crippen molar-refractivity contribution in [2.45, 2.75) is 17.9 Å². The van der Waals surface area contributed by atoms with Crippen LogP contribution in [-0.2, 0) is 16.4 Å². The molecule has 1 aromatic heterocycles. The number of hydrogen-bond donors (Lipinski definition) is 0. The topological polar surface area (TPSA) is 74.1 Å². The average Bonchev–Trinajstić information content (AvgIpc) is 2.98. The van der Waals surface area contributed by atoms with Crippen LogP contribution < -0.4 is 4.74 Å². The molecule has 7 heteroatoms. The fourth-order valence-electron chi connectivity index (χ4n) is 2.47. The summed E-state index contributed by atoms with van der Waals surface area (Å²) < 4.78 is 31.8. The van der Waals surface area contributed by atoms with Crippen molar-refractivity contribution >= 4 is 20.9 Å². The summed E-state index contributed by atoms with van der Waals surface area (Å²) in [4.78, 5) is 0.228. The highest BCUT2D eigenvalue weighted by Gasteiger charge is 2.19. The molecule has 1 heterocycles. The van der Waals surface area contributed by atoms with Gasteiger partial charge < -0.3 is 4.74 Å². The molecule has 6 nitrogen and oxygen atoms in total. The molecule has 0 unspecified atom stereocenters. The molecular formula is C16H17N3O3S. The fourth-order valence-corrected chi connectivity index (χ4v) is 3.95. The van der Waals surface area contributed by atoms with Crippen molar-refractivity contribution in [1.82, 2.24) is 15.0 Å². The molecular weight excluding hydrogens is 314 g/mol. The molecule has 0 aliphatic carbocycles. The zero-order valence-corrected chi connectivity index (χ0v) is 13.5. The van der Waals surface area contributed by atoms with Crippen LogP contribution in [0.2, 0.25) is 0 Å². The van der Waals surface area contributed by atoms with Crippen LogP contribution in [0.25, 0.3) is 11.0 Å². The molecule has 3 aromatic rings. The van der Waals surface area contributed by atoms with Crippen LogP contribution in [0.1, 0.15) is 6.42 Å². The Morgan fingerprint density at radius 3 is 2.65 bits per heavy atom. The van der Waals surface area contributed by atoms with Gasteiger partial charge in [0.15, 0.2) is 9.84 Å². The Morgan fingerprint density at radius 1 is 1.09 bits per heavy atom. The van der Waals surface area contributed by atoms with Gasteiger partial charge in [0.25, 0.3) is 0 Å². The summed E-state index contributed by atoms with van der Waals surface area (Å²) in [5.41, 5.74) is 1.71. The molecule has 0 aliphatic rings. The molecule has 2 aromatic carbocycles. The van der Waals surface area contributed by atoms with E-state index in [1.807, 2.05) is 24.3 Å². The van der Waals surface area contributed by atoms with Gasteiger partial charge in [-0.25, -0.2) is 13.1 Å². The van der Waals surface area contributed by atoms with Gasteiger partial charge in [0.05, 0.1) is 18.4 Å². The minimum absolute atomic E-state index is 0.0293. The second kappa shape index (κ2) is 6.37. The molecule has 0 fully saturated rings. The first-order valence-corrected chi connectivity index (χ1v) is 8.91. The third kappa shape index (κ3) is 3.19. The van der Waals surface area contributed by atoms with Crippen LogP contribution in [0.15, 0.2) is 53.4 Å². The molecule has 0 atom stereocenters. The summed E-state index contributed by atoms with van der Waals surface area (Å²) in [5.74, 6) is 0.403. The van der Waals surface area contributed by atoms with Crippen LogP contribution >= 0.6 is 0 Å². The molecule has 0 radical (unpaired) electrons. The predicted octanol–water partition coefficient (Wildman–Crippen LogP) is 2.30. The molecule has 0 N–H and O–H groups in total. The molecule has 0 amide bonds. The number of fused-ring (bicyclic) bond motifs is 1. The van der Waals surface area contributed by atoms with Crippen molar-refractivity contribution in [3.63, 3.8) is 0 Å². The Morgan fingerprint density at radius 2 is 1.83 bits per heavy atom. The molecule has 120 valence electrons. The normalized spacial score (nSPS) is 11.7. The lowest BCUT2D eigenvalue weighted by Crippen LogP contribution is -2.11. The Bertz CT molecular complexity index is 919. The highest BCUT2D eigenvalue weighted by molar-refractivity contribution is 7.91. The number of sulfone groups is 1. The van der Waals surface area contributed by atoms with E-state index in [2.05, 4.69) is 10.3 Å². The smallest absolute Gasteiger partial charge is 0.182 e. The zero-order valence-electron chi connectivity index (χ0n) is 12.7. The summed E-state index contributed by atoms with van der Waals surface area (Å²) >= 11 is 0. The van der Waals surface area contributed by atoms with Crippen molar-refractivity contribution in [1.29, 1.82) is 0 Å². The summed E-state index contributed by atoms with van der Waals surface area (Å²) in [6, 6.07) is 14.3. The molecule has 0 saturated heterocycles. The highest BCUT2D eigenvalue weighted by atomic mass is 32.2. The van der Waals surface area contributed by atoms with Crippen LogP contribution in [0.4, 0.5) is 0 Å². The maximum Gasteiger partial charge on any atom is 0.182 e. The van der Waals surface area contributed by atoms with E-state index in [4.69, 9.17) is 4.74 Å². The van der Waals surface area contributed by atoms with Crippen molar-refractivity contribution in [2.24, 2.45) is 0 Å². The van der Waals surface area contributed by atoms with Crippen LogP contribution in [-0.4, -0.2) is 36.3 Å². The third-order valence-electron chi connectivity index (χ3n) is 3.61. The number of ether oxygens (including phenoxy) is 1. The largest absolute Gasteiger partial charge is 0.495 e. The van der Waals surface area contributed by atoms with Gasteiger partial charge in [0.2, 0.25) is 0 Å². The number of hydrogen-bond acceptors (Lipinski definition) is 5. The minimum Gasteiger partial charge on any atom is -0.495 e. The van der Waals surface area contributed by atoms with Crippen molar-refractivity contribution in [3.05, 3.63) is 48.5 Å². The Balaban J connectivity index is 1.72. The molecule has 3 rings (SSSR count).